The fraction of sp³-hybridized carbons (Fsp3) is 0.727. The standard InChI is InChI=1S/C22H31F3N2O4/c1-4-21(5-2,20(29)30-6-3)27-19(28)16-12-15(16)8-7-9-17(22(23,24)25)18(26)31-13-14-10-11-14/h14-16H,4-6,9-13,26H2,1-3H3,(H,27,28)/b18-17-. The van der Waals surface area contributed by atoms with E-state index in [-0.39, 0.29) is 31.0 Å². The van der Waals surface area contributed by atoms with Crippen molar-refractivity contribution < 1.29 is 32.2 Å². The van der Waals surface area contributed by atoms with E-state index in [4.69, 9.17) is 15.2 Å². The van der Waals surface area contributed by atoms with Crippen LogP contribution in [0, 0.1) is 29.6 Å². The molecule has 2 aliphatic rings. The van der Waals surface area contributed by atoms with Gasteiger partial charge in [-0.1, -0.05) is 25.7 Å². The average molecular weight is 444 g/mol. The van der Waals surface area contributed by atoms with Crippen LogP contribution >= 0.6 is 0 Å². The number of halogens is 3. The number of rotatable bonds is 10. The lowest BCUT2D eigenvalue weighted by molar-refractivity contribution is -0.154. The monoisotopic (exact) mass is 444 g/mol. The maximum atomic E-state index is 13.3. The maximum absolute atomic E-state index is 13.3. The molecule has 0 saturated heterocycles. The van der Waals surface area contributed by atoms with E-state index in [9.17, 15) is 22.8 Å². The normalized spacial score (nSPS) is 21.4. The highest BCUT2D eigenvalue weighted by Crippen LogP contribution is 2.39. The van der Waals surface area contributed by atoms with Gasteiger partial charge in [-0.15, -0.1) is 0 Å². The summed E-state index contributed by atoms with van der Waals surface area (Å²) >= 11 is 0. The Hall–Kier alpha value is -2.37. The van der Waals surface area contributed by atoms with Gasteiger partial charge in [0.1, 0.15) is 11.1 Å². The van der Waals surface area contributed by atoms with E-state index in [0.29, 0.717) is 19.3 Å². The highest BCUT2D eigenvalue weighted by molar-refractivity contribution is 5.90. The number of hydrogen-bond donors (Lipinski definition) is 2. The van der Waals surface area contributed by atoms with E-state index in [0.717, 1.165) is 12.8 Å². The van der Waals surface area contributed by atoms with Crippen molar-refractivity contribution >= 4 is 11.9 Å². The van der Waals surface area contributed by atoms with Crippen LogP contribution in [0.15, 0.2) is 11.5 Å². The van der Waals surface area contributed by atoms with Gasteiger partial charge in [0, 0.05) is 12.3 Å². The first-order chi connectivity index (χ1) is 14.6. The lowest BCUT2D eigenvalue weighted by atomic mass is 9.92. The molecule has 2 unspecified atom stereocenters. The third-order valence-corrected chi connectivity index (χ3v) is 5.73. The Kier molecular flexibility index (Phi) is 8.27. The molecule has 2 fully saturated rings. The van der Waals surface area contributed by atoms with Gasteiger partial charge in [0.2, 0.25) is 5.91 Å². The molecule has 2 saturated carbocycles. The first-order valence-electron chi connectivity index (χ1n) is 10.7. The van der Waals surface area contributed by atoms with Gasteiger partial charge in [0.15, 0.2) is 5.88 Å². The van der Waals surface area contributed by atoms with E-state index < -0.39 is 41.5 Å². The molecule has 2 atom stereocenters. The van der Waals surface area contributed by atoms with Gasteiger partial charge in [-0.05, 0) is 44.9 Å². The second-order valence-corrected chi connectivity index (χ2v) is 8.04. The van der Waals surface area contributed by atoms with Crippen molar-refractivity contribution in [2.24, 2.45) is 23.5 Å². The van der Waals surface area contributed by atoms with Crippen molar-refractivity contribution in [2.75, 3.05) is 13.2 Å². The number of carbonyl (C=O) groups is 2. The second kappa shape index (κ2) is 10.3. The van der Waals surface area contributed by atoms with Gasteiger partial charge in [-0.3, -0.25) is 4.79 Å². The smallest absolute Gasteiger partial charge is 0.418 e. The number of carbonyl (C=O) groups excluding carboxylic acids is 2. The molecule has 2 aliphatic carbocycles. The summed E-state index contributed by atoms with van der Waals surface area (Å²) < 4.78 is 49.9. The Morgan fingerprint density at radius 3 is 2.29 bits per heavy atom. The summed E-state index contributed by atoms with van der Waals surface area (Å²) in [4.78, 5) is 24.9. The quantitative estimate of drug-likeness (QED) is 0.306. The third kappa shape index (κ3) is 6.81. The van der Waals surface area contributed by atoms with E-state index in [1.54, 1.807) is 20.8 Å². The summed E-state index contributed by atoms with van der Waals surface area (Å²) in [5, 5.41) is 2.77. The summed E-state index contributed by atoms with van der Waals surface area (Å²) in [6.45, 7) is 5.64. The highest BCUT2D eigenvalue weighted by Gasteiger charge is 2.47. The molecule has 0 aromatic rings. The number of ether oxygens (including phenoxy) is 2. The lowest BCUT2D eigenvalue weighted by Gasteiger charge is -2.30. The number of nitrogens with one attached hydrogen (secondary N) is 1. The summed E-state index contributed by atoms with van der Waals surface area (Å²) in [5.41, 5.74) is 3.40. The van der Waals surface area contributed by atoms with Crippen LogP contribution in [0.3, 0.4) is 0 Å². The lowest BCUT2D eigenvalue weighted by Crippen LogP contribution is -2.55. The zero-order valence-corrected chi connectivity index (χ0v) is 18.2. The second-order valence-electron chi connectivity index (χ2n) is 8.04. The zero-order valence-electron chi connectivity index (χ0n) is 18.2. The molecule has 0 aromatic carbocycles. The number of alkyl halides is 3. The fourth-order valence-corrected chi connectivity index (χ4v) is 3.19. The van der Waals surface area contributed by atoms with Gasteiger partial charge in [-0.25, -0.2) is 4.79 Å². The average Bonchev–Trinajstić information content (AvgIpc) is 3.61. The van der Waals surface area contributed by atoms with Crippen LogP contribution in [-0.4, -0.2) is 36.8 Å². The summed E-state index contributed by atoms with van der Waals surface area (Å²) in [7, 11) is 0. The van der Waals surface area contributed by atoms with Crippen LogP contribution in [-0.2, 0) is 19.1 Å². The van der Waals surface area contributed by atoms with Gasteiger partial charge in [-0.2, -0.15) is 13.2 Å². The molecule has 174 valence electrons. The Balaban J connectivity index is 1.96. The molecule has 1 amide bonds. The minimum Gasteiger partial charge on any atom is -0.479 e. The summed E-state index contributed by atoms with van der Waals surface area (Å²) in [6.07, 6.45) is -2.18. The largest absolute Gasteiger partial charge is 0.479 e. The van der Waals surface area contributed by atoms with Crippen molar-refractivity contribution in [3.63, 3.8) is 0 Å². The minimum atomic E-state index is -4.63. The number of amides is 1. The van der Waals surface area contributed by atoms with Crippen LogP contribution in [0.1, 0.15) is 59.3 Å². The van der Waals surface area contributed by atoms with Gasteiger partial charge in [0.25, 0.3) is 0 Å². The molecule has 0 radical (unpaired) electrons. The maximum Gasteiger partial charge on any atom is 0.418 e. The summed E-state index contributed by atoms with van der Waals surface area (Å²) in [6, 6.07) is 0. The van der Waals surface area contributed by atoms with Crippen molar-refractivity contribution in [1.29, 1.82) is 0 Å². The predicted octanol–water partition coefficient (Wildman–Crippen LogP) is 3.41. The molecule has 0 heterocycles. The number of esters is 1. The fourth-order valence-electron chi connectivity index (χ4n) is 3.19. The molecule has 0 aliphatic heterocycles. The molecular weight excluding hydrogens is 413 g/mol. The van der Waals surface area contributed by atoms with Crippen molar-refractivity contribution in [1.82, 2.24) is 5.32 Å². The number of allylic oxidation sites excluding steroid dienone is 1. The SMILES string of the molecule is CCOC(=O)C(CC)(CC)NC(=O)C1CC1C#CC/C(=C(\N)OCC1CC1)C(F)(F)F. The van der Waals surface area contributed by atoms with Crippen molar-refractivity contribution in [3.8, 4) is 11.8 Å². The number of hydrogen-bond acceptors (Lipinski definition) is 5. The Bertz CT molecular complexity index is 759. The Morgan fingerprint density at radius 2 is 1.77 bits per heavy atom. The molecule has 31 heavy (non-hydrogen) atoms. The highest BCUT2D eigenvalue weighted by atomic mass is 19.4. The number of nitrogens with two attached hydrogens (primary N) is 1. The van der Waals surface area contributed by atoms with E-state index >= 15 is 0 Å². The predicted molar refractivity (Wildman–Crippen MR) is 108 cm³/mol. The van der Waals surface area contributed by atoms with Crippen LogP contribution in [0.2, 0.25) is 0 Å². The molecule has 0 spiro atoms. The molecular formula is C22H31F3N2O4. The first-order valence-corrected chi connectivity index (χ1v) is 10.7. The van der Waals surface area contributed by atoms with Crippen molar-refractivity contribution in [2.45, 2.75) is 71.0 Å². The molecule has 3 N–H and O–H groups in total. The van der Waals surface area contributed by atoms with Gasteiger partial charge >= 0.3 is 12.1 Å². The first kappa shape index (κ1) is 24.9. The van der Waals surface area contributed by atoms with E-state index in [1.165, 1.54) is 0 Å². The van der Waals surface area contributed by atoms with Crippen LogP contribution in [0.5, 0.6) is 0 Å². The minimum absolute atomic E-state index is 0.181. The molecule has 9 heteroatoms. The van der Waals surface area contributed by atoms with Crippen molar-refractivity contribution in [3.05, 3.63) is 11.5 Å². The molecule has 2 rings (SSSR count). The molecule has 0 aromatic heterocycles. The van der Waals surface area contributed by atoms with Gasteiger partial charge < -0.3 is 20.5 Å². The zero-order chi connectivity index (χ0) is 23.2. The molecule has 0 bridgehead atoms. The topological polar surface area (TPSA) is 90.7 Å². The van der Waals surface area contributed by atoms with Gasteiger partial charge in [0.05, 0.1) is 19.1 Å². The van der Waals surface area contributed by atoms with Crippen LogP contribution in [0.4, 0.5) is 13.2 Å². The van der Waals surface area contributed by atoms with Crippen LogP contribution in [0.25, 0.3) is 0 Å². The van der Waals surface area contributed by atoms with E-state index in [1.807, 2.05) is 0 Å². The Morgan fingerprint density at radius 1 is 1.13 bits per heavy atom. The van der Waals surface area contributed by atoms with Crippen LogP contribution < -0.4 is 11.1 Å². The van der Waals surface area contributed by atoms with E-state index in [2.05, 4.69) is 17.2 Å². The molecule has 6 nitrogen and oxygen atoms in total. The Labute approximate surface area is 181 Å². The summed E-state index contributed by atoms with van der Waals surface area (Å²) in [5.74, 6) is 3.23. The third-order valence-electron chi connectivity index (χ3n) is 5.73.